The van der Waals surface area contributed by atoms with E-state index in [-0.39, 0.29) is 28.6 Å². The molecule has 136 valence electrons. The van der Waals surface area contributed by atoms with E-state index < -0.39 is 11.7 Å². The fraction of sp³-hybridized carbons (Fsp3) is 0.235. The van der Waals surface area contributed by atoms with Crippen LogP contribution in [-0.2, 0) is 6.18 Å². The van der Waals surface area contributed by atoms with Gasteiger partial charge in [0.2, 0.25) is 5.88 Å². The van der Waals surface area contributed by atoms with Crippen molar-refractivity contribution in [2.75, 3.05) is 6.54 Å². The Morgan fingerprint density at radius 2 is 2.08 bits per heavy atom. The maximum absolute atomic E-state index is 13.1. The number of H-pyrrole nitrogens is 1. The second kappa shape index (κ2) is 7.03. The summed E-state index contributed by atoms with van der Waals surface area (Å²) in [5.74, 6) is -0.875. The van der Waals surface area contributed by atoms with Crippen LogP contribution in [0.2, 0.25) is 0 Å². The third-order valence-corrected chi connectivity index (χ3v) is 3.55. The van der Waals surface area contributed by atoms with Crippen LogP contribution in [0.3, 0.4) is 0 Å². The SMILES string of the molecule is CCCNC(=O)c1c[nH]c2ncc(Oc3ccccc3C(F)(F)F)nc12. The monoisotopic (exact) mass is 364 g/mol. The number of halogens is 3. The highest BCUT2D eigenvalue weighted by molar-refractivity contribution is 6.04. The molecule has 0 fully saturated rings. The van der Waals surface area contributed by atoms with Crippen LogP contribution in [0.1, 0.15) is 29.3 Å². The highest BCUT2D eigenvalue weighted by Crippen LogP contribution is 2.37. The minimum atomic E-state index is -4.56. The molecular formula is C17H15F3N4O2. The fourth-order valence-electron chi connectivity index (χ4n) is 2.33. The van der Waals surface area contributed by atoms with Crippen molar-refractivity contribution in [3.05, 3.63) is 47.8 Å². The normalized spacial score (nSPS) is 11.5. The Morgan fingerprint density at radius 3 is 2.81 bits per heavy atom. The lowest BCUT2D eigenvalue weighted by Crippen LogP contribution is -2.23. The van der Waals surface area contributed by atoms with E-state index in [1.165, 1.54) is 30.6 Å². The number of para-hydroxylation sites is 1. The number of nitrogens with zero attached hydrogens (tertiary/aromatic N) is 2. The minimum Gasteiger partial charge on any atom is -0.437 e. The van der Waals surface area contributed by atoms with E-state index in [4.69, 9.17) is 4.74 Å². The van der Waals surface area contributed by atoms with Gasteiger partial charge >= 0.3 is 6.18 Å². The summed E-state index contributed by atoms with van der Waals surface area (Å²) >= 11 is 0. The van der Waals surface area contributed by atoms with E-state index in [0.717, 1.165) is 12.5 Å². The predicted octanol–water partition coefficient (Wildman–Crippen LogP) is 3.91. The van der Waals surface area contributed by atoms with Crippen molar-refractivity contribution in [2.45, 2.75) is 19.5 Å². The lowest BCUT2D eigenvalue weighted by atomic mass is 10.2. The van der Waals surface area contributed by atoms with E-state index in [1.54, 1.807) is 0 Å². The van der Waals surface area contributed by atoms with Crippen molar-refractivity contribution in [1.29, 1.82) is 0 Å². The minimum absolute atomic E-state index is 0.140. The number of fused-ring (bicyclic) bond motifs is 1. The number of benzene rings is 1. The average Bonchev–Trinajstić information content (AvgIpc) is 3.02. The van der Waals surface area contributed by atoms with Crippen molar-refractivity contribution in [3.8, 4) is 11.6 Å². The van der Waals surface area contributed by atoms with Crippen LogP contribution in [0.5, 0.6) is 11.6 Å². The number of nitrogens with one attached hydrogen (secondary N) is 2. The van der Waals surface area contributed by atoms with Gasteiger partial charge in [0.25, 0.3) is 5.91 Å². The third kappa shape index (κ3) is 3.61. The Bertz CT molecular complexity index is 937. The van der Waals surface area contributed by atoms with Crippen LogP contribution in [0.25, 0.3) is 11.2 Å². The van der Waals surface area contributed by atoms with Gasteiger partial charge in [-0.3, -0.25) is 4.79 Å². The molecule has 6 nitrogen and oxygen atoms in total. The molecule has 0 spiro atoms. The number of hydrogen-bond donors (Lipinski definition) is 2. The number of ether oxygens (including phenoxy) is 1. The summed E-state index contributed by atoms with van der Waals surface area (Å²) in [7, 11) is 0. The van der Waals surface area contributed by atoms with Crippen molar-refractivity contribution in [1.82, 2.24) is 20.3 Å². The molecule has 9 heteroatoms. The molecule has 2 heterocycles. The topological polar surface area (TPSA) is 79.9 Å². The van der Waals surface area contributed by atoms with Gasteiger partial charge in [0.15, 0.2) is 5.65 Å². The summed E-state index contributed by atoms with van der Waals surface area (Å²) in [5.41, 5.74) is -0.115. The molecule has 0 saturated heterocycles. The Hall–Kier alpha value is -3.10. The van der Waals surface area contributed by atoms with Crippen LogP contribution >= 0.6 is 0 Å². The summed E-state index contributed by atoms with van der Waals surface area (Å²) < 4.78 is 44.5. The van der Waals surface area contributed by atoms with Crippen LogP contribution in [0.4, 0.5) is 13.2 Å². The summed E-state index contributed by atoms with van der Waals surface area (Å²) in [6.07, 6.45) is -1.15. The number of hydrogen-bond acceptors (Lipinski definition) is 4. The summed E-state index contributed by atoms with van der Waals surface area (Å²) in [6, 6.07) is 4.81. The Morgan fingerprint density at radius 1 is 1.31 bits per heavy atom. The fourth-order valence-corrected chi connectivity index (χ4v) is 2.33. The number of rotatable bonds is 5. The molecule has 0 unspecified atom stereocenters. The molecule has 2 aromatic heterocycles. The highest BCUT2D eigenvalue weighted by Gasteiger charge is 2.34. The quantitative estimate of drug-likeness (QED) is 0.719. The lowest BCUT2D eigenvalue weighted by Gasteiger charge is -2.12. The first-order valence-electron chi connectivity index (χ1n) is 7.86. The standard InChI is InChI=1S/C17H15F3N4O2/c1-2-7-21-16(25)10-8-22-15-14(10)24-13(9-23-15)26-12-6-4-3-5-11(12)17(18,19)20/h3-6,8-9H,2,7H2,1H3,(H,21,25)(H,22,23). The molecule has 3 aromatic rings. The van der Waals surface area contributed by atoms with Gasteiger partial charge < -0.3 is 15.0 Å². The van der Waals surface area contributed by atoms with Crippen LogP contribution in [0, 0.1) is 0 Å². The summed E-state index contributed by atoms with van der Waals surface area (Å²) in [6.45, 7) is 2.41. The maximum Gasteiger partial charge on any atom is 0.419 e. The number of amides is 1. The molecule has 0 aliphatic heterocycles. The molecule has 0 aliphatic carbocycles. The summed E-state index contributed by atoms with van der Waals surface area (Å²) in [4.78, 5) is 23.1. The lowest BCUT2D eigenvalue weighted by molar-refractivity contribution is -0.138. The average molecular weight is 364 g/mol. The van der Waals surface area contributed by atoms with Crippen LogP contribution in [-0.4, -0.2) is 27.4 Å². The molecule has 3 rings (SSSR count). The molecule has 0 bridgehead atoms. The molecule has 26 heavy (non-hydrogen) atoms. The maximum atomic E-state index is 13.1. The number of aromatic nitrogens is 3. The van der Waals surface area contributed by atoms with E-state index in [1.807, 2.05) is 6.92 Å². The van der Waals surface area contributed by atoms with E-state index in [9.17, 15) is 18.0 Å². The van der Waals surface area contributed by atoms with Crippen molar-refractivity contribution in [2.24, 2.45) is 0 Å². The van der Waals surface area contributed by atoms with Crippen molar-refractivity contribution < 1.29 is 22.7 Å². The smallest absolute Gasteiger partial charge is 0.419 e. The van der Waals surface area contributed by atoms with Gasteiger partial charge in [-0.1, -0.05) is 19.1 Å². The Labute approximate surface area is 146 Å². The first-order chi connectivity index (χ1) is 12.4. The molecule has 0 saturated carbocycles. The van der Waals surface area contributed by atoms with Gasteiger partial charge in [0.1, 0.15) is 11.3 Å². The zero-order valence-corrected chi connectivity index (χ0v) is 13.7. The van der Waals surface area contributed by atoms with Gasteiger partial charge in [-0.15, -0.1) is 0 Å². The molecule has 1 amide bonds. The first-order valence-corrected chi connectivity index (χ1v) is 7.86. The van der Waals surface area contributed by atoms with Gasteiger partial charge in [0, 0.05) is 12.7 Å². The van der Waals surface area contributed by atoms with Gasteiger partial charge in [0.05, 0.1) is 17.3 Å². The van der Waals surface area contributed by atoms with Crippen molar-refractivity contribution in [3.63, 3.8) is 0 Å². The zero-order chi connectivity index (χ0) is 18.7. The predicted molar refractivity (Wildman–Crippen MR) is 88.0 cm³/mol. The number of aromatic amines is 1. The van der Waals surface area contributed by atoms with E-state index in [0.29, 0.717) is 12.2 Å². The first kappa shape index (κ1) is 17.7. The number of carbonyl (C=O) groups is 1. The summed E-state index contributed by atoms with van der Waals surface area (Å²) in [5, 5.41) is 2.71. The number of carbonyl (C=O) groups excluding carboxylic acids is 1. The Kier molecular flexibility index (Phi) is 4.79. The van der Waals surface area contributed by atoms with Crippen LogP contribution < -0.4 is 10.1 Å². The second-order valence-electron chi connectivity index (χ2n) is 5.46. The van der Waals surface area contributed by atoms with Gasteiger partial charge in [-0.05, 0) is 18.6 Å². The van der Waals surface area contributed by atoms with Gasteiger partial charge in [-0.25, -0.2) is 9.97 Å². The van der Waals surface area contributed by atoms with Crippen molar-refractivity contribution >= 4 is 17.1 Å². The number of alkyl halides is 3. The Balaban J connectivity index is 1.94. The molecule has 0 aliphatic rings. The molecular weight excluding hydrogens is 349 g/mol. The zero-order valence-electron chi connectivity index (χ0n) is 13.7. The molecule has 0 atom stereocenters. The second-order valence-corrected chi connectivity index (χ2v) is 5.46. The van der Waals surface area contributed by atoms with Crippen LogP contribution in [0.15, 0.2) is 36.7 Å². The molecule has 2 N–H and O–H groups in total. The molecule has 1 aromatic carbocycles. The van der Waals surface area contributed by atoms with Gasteiger partial charge in [-0.2, -0.15) is 13.2 Å². The third-order valence-electron chi connectivity index (χ3n) is 3.55. The largest absolute Gasteiger partial charge is 0.437 e. The molecule has 0 radical (unpaired) electrons. The highest BCUT2D eigenvalue weighted by atomic mass is 19.4. The van der Waals surface area contributed by atoms with E-state index in [2.05, 4.69) is 20.3 Å². The van der Waals surface area contributed by atoms with E-state index >= 15 is 0 Å².